The summed E-state index contributed by atoms with van der Waals surface area (Å²) in [4.78, 5) is 3.98. The highest BCUT2D eigenvalue weighted by atomic mass is 32.1. The van der Waals surface area contributed by atoms with E-state index in [0.717, 1.165) is 10.8 Å². The Bertz CT molecular complexity index is 345. The molecular weight excluding hydrogens is 230 g/mol. The van der Waals surface area contributed by atoms with Crippen molar-refractivity contribution in [2.45, 2.75) is 44.6 Å². The van der Waals surface area contributed by atoms with Crippen LogP contribution in [-0.4, -0.2) is 16.1 Å². The Hall–Kier alpha value is -1.16. The van der Waals surface area contributed by atoms with Gasteiger partial charge in [-0.2, -0.15) is 0 Å². The maximum absolute atomic E-state index is 5.32. The number of anilines is 1. The smallest absolute Gasteiger partial charge is 0.170 e. The first kappa shape index (κ1) is 12.3. The zero-order valence-electron chi connectivity index (χ0n) is 9.98. The fourth-order valence-corrected chi connectivity index (χ4v) is 2.50. The highest BCUT2D eigenvalue weighted by Crippen LogP contribution is 2.17. The second-order valence-electron chi connectivity index (χ2n) is 4.52. The first-order valence-electron chi connectivity index (χ1n) is 6.32. The number of nitrogens with zero attached hydrogens (tertiary/aromatic N) is 1. The van der Waals surface area contributed by atoms with E-state index in [1.54, 1.807) is 12.4 Å². The molecule has 1 fully saturated rings. The minimum atomic E-state index is 0.541. The molecule has 0 aromatic carbocycles. The van der Waals surface area contributed by atoms with Crippen molar-refractivity contribution in [3.05, 3.63) is 24.5 Å². The van der Waals surface area contributed by atoms with Crippen LogP contribution in [0.25, 0.3) is 0 Å². The number of thiocarbonyl (C=S) groups is 1. The average molecular weight is 249 g/mol. The third-order valence-corrected chi connectivity index (χ3v) is 3.35. The summed E-state index contributed by atoms with van der Waals surface area (Å²) in [5, 5.41) is 7.32. The van der Waals surface area contributed by atoms with Crippen LogP contribution >= 0.6 is 12.2 Å². The van der Waals surface area contributed by atoms with Crippen LogP contribution < -0.4 is 10.6 Å². The van der Waals surface area contributed by atoms with Gasteiger partial charge in [-0.1, -0.05) is 25.7 Å². The maximum atomic E-state index is 5.32. The number of hydrogen-bond donors (Lipinski definition) is 2. The number of hydrogen-bond acceptors (Lipinski definition) is 2. The zero-order chi connectivity index (χ0) is 11.9. The molecule has 1 aromatic rings. The summed E-state index contributed by atoms with van der Waals surface area (Å²) in [5.74, 6) is 0. The van der Waals surface area contributed by atoms with Gasteiger partial charge in [0.15, 0.2) is 5.11 Å². The standard InChI is InChI=1S/C13H19N3S/c17-13(16-12-7-9-14-10-8-12)15-11-5-3-1-2-4-6-11/h7-11H,1-6H2,(H2,14,15,16,17). The molecule has 1 aliphatic carbocycles. The molecule has 1 aromatic heterocycles. The maximum Gasteiger partial charge on any atom is 0.170 e. The monoisotopic (exact) mass is 249 g/mol. The van der Waals surface area contributed by atoms with Crippen LogP contribution in [0.3, 0.4) is 0 Å². The quantitative estimate of drug-likeness (QED) is 0.624. The van der Waals surface area contributed by atoms with E-state index in [4.69, 9.17) is 12.2 Å². The van der Waals surface area contributed by atoms with Gasteiger partial charge in [-0.05, 0) is 37.2 Å². The lowest BCUT2D eigenvalue weighted by Crippen LogP contribution is -2.37. The summed E-state index contributed by atoms with van der Waals surface area (Å²) >= 11 is 5.32. The van der Waals surface area contributed by atoms with Crippen molar-refractivity contribution in [3.63, 3.8) is 0 Å². The minimum absolute atomic E-state index is 0.541. The van der Waals surface area contributed by atoms with Gasteiger partial charge in [-0.3, -0.25) is 4.98 Å². The zero-order valence-corrected chi connectivity index (χ0v) is 10.8. The Morgan fingerprint density at radius 1 is 1.12 bits per heavy atom. The predicted octanol–water partition coefficient (Wildman–Crippen LogP) is 3.09. The van der Waals surface area contributed by atoms with Crippen molar-refractivity contribution in [3.8, 4) is 0 Å². The minimum Gasteiger partial charge on any atom is -0.360 e. The number of pyridine rings is 1. The largest absolute Gasteiger partial charge is 0.360 e. The van der Waals surface area contributed by atoms with Crippen LogP contribution in [0.1, 0.15) is 38.5 Å². The van der Waals surface area contributed by atoms with Crippen LogP contribution in [0.2, 0.25) is 0 Å². The van der Waals surface area contributed by atoms with Crippen molar-refractivity contribution in [2.24, 2.45) is 0 Å². The second-order valence-corrected chi connectivity index (χ2v) is 4.93. The SMILES string of the molecule is S=C(Nc1ccncc1)NC1CCCCCC1. The molecule has 4 heteroatoms. The Morgan fingerprint density at radius 3 is 2.41 bits per heavy atom. The molecule has 0 amide bonds. The third kappa shape index (κ3) is 4.30. The van der Waals surface area contributed by atoms with Gasteiger partial charge in [0.25, 0.3) is 0 Å². The molecule has 2 rings (SSSR count). The van der Waals surface area contributed by atoms with Gasteiger partial charge in [-0.25, -0.2) is 0 Å². The predicted molar refractivity (Wildman–Crippen MR) is 75.1 cm³/mol. The Labute approximate surface area is 108 Å². The molecule has 92 valence electrons. The molecule has 0 radical (unpaired) electrons. The van der Waals surface area contributed by atoms with Crippen molar-refractivity contribution >= 4 is 23.0 Å². The number of aromatic nitrogens is 1. The van der Waals surface area contributed by atoms with E-state index in [1.165, 1.54) is 38.5 Å². The van der Waals surface area contributed by atoms with Gasteiger partial charge in [-0.15, -0.1) is 0 Å². The molecule has 0 unspecified atom stereocenters. The summed E-state index contributed by atoms with van der Waals surface area (Å²) in [6, 6.07) is 4.38. The second kappa shape index (κ2) is 6.55. The lowest BCUT2D eigenvalue weighted by atomic mass is 10.1. The van der Waals surface area contributed by atoms with Gasteiger partial charge < -0.3 is 10.6 Å². The summed E-state index contributed by atoms with van der Waals surface area (Å²) in [5.41, 5.74) is 0.992. The lowest BCUT2D eigenvalue weighted by molar-refractivity contribution is 0.535. The molecule has 0 aliphatic heterocycles. The van der Waals surface area contributed by atoms with Gasteiger partial charge >= 0.3 is 0 Å². The number of nitrogens with one attached hydrogen (secondary N) is 2. The van der Waals surface area contributed by atoms with Gasteiger partial charge in [0.2, 0.25) is 0 Å². The van der Waals surface area contributed by atoms with E-state index in [9.17, 15) is 0 Å². The normalized spacial score (nSPS) is 17.2. The van der Waals surface area contributed by atoms with Crippen molar-refractivity contribution in [2.75, 3.05) is 5.32 Å². The van der Waals surface area contributed by atoms with Gasteiger partial charge in [0, 0.05) is 24.1 Å². The summed E-state index contributed by atoms with van der Waals surface area (Å²) in [6.07, 6.45) is 11.3. The van der Waals surface area contributed by atoms with Crippen LogP contribution in [0.4, 0.5) is 5.69 Å². The molecule has 1 saturated carbocycles. The average Bonchev–Trinajstić information content (AvgIpc) is 2.59. The Balaban J connectivity index is 1.80. The van der Waals surface area contributed by atoms with Crippen molar-refractivity contribution in [1.29, 1.82) is 0 Å². The van der Waals surface area contributed by atoms with E-state index in [1.807, 2.05) is 12.1 Å². The van der Waals surface area contributed by atoms with E-state index >= 15 is 0 Å². The van der Waals surface area contributed by atoms with Gasteiger partial charge in [0.05, 0.1) is 0 Å². The molecular formula is C13H19N3S. The van der Waals surface area contributed by atoms with E-state index in [0.29, 0.717) is 6.04 Å². The molecule has 0 spiro atoms. The van der Waals surface area contributed by atoms with Crippen LogP contribution in [0, 0.1) is 0 Å². The fraction of sp³-hybridized carbons (Fsp3) is 0.538. The first-order valence-corrected chi connectivity index (χ1v) is 6.73. The van der Waals surface area contributed by atoms with Crippen molar-refractivity contribution < 1.29 is 0 Å². The summed E-state index contributed by atoms with van der Waals surface area (Å²) in [7, 11) is 0. The van der Waals surface area contributed by atoms with Crippen LogP contribution in [0.5, 0.6) is 0 Å². The third-order valence-electron chi connectivity index (χ3n) is 3.13. The highest BCUT2D eigenvalue weighted by molar-refractivity contribution is 7.80. The van der Waals surface area contributed by atoms with Gasteiger partial charge in [0.1, 0.15) is 0 Å². The Morgan fingerprint density at radius 2 is 1.76 bits per heavy atom. The summed E-state index contributed by atoms with van der Waals surface area (Å²) < 4.78 is 0. The van der Waals surface area contributed by atoms with Crippen LogP contribution in [0.15, 0.2) is 24.5 Å². The first-order chi connectivity index (χ1) is 8.34. The molecule has 0 atom stereocenters. The summed E-state index contributed by atoms with van der Waals surface area (Å²) in [6.45, 7) is 0. The topological polar surface area (TPSA) is 37.0 Å². The molecule has 0 saturated heterocycles. The van der Waals surface area contributed by atoms with E-state index < -0.39 is 0 Å². The molecule has 17 heavy (non-hydrogen) atoms. The lowest BCUT2D eigenvalue weighted by Gasteiger charge is -2.18. The molecule has 1 aliphatic rings. The van der Waals surface area contributed by atoms with Crippen LogP contribution in [-0.2, 0) is 0 Å². The van der Waals surface area contributed by atoms with Crippen molar-refractivity contribution in [1.82, 2.24) is 10.3 Å². The Kier molecular flexibility index (Phi) is 4.74. The van der Waals surface area contributed by atoms with E-state index in [-0.39, 0.29) is 0 Å². The number of rotatable bonds is 2. The molecule has 0 bridgehead atoms. The molecule has 3 nitrogen and oxygen atoms in total. The molecule has 1 heterocycles. The fourth-order valence-electron chi connectivity index (χ4n) is 2.21. The van der Waals surface area contributed by atoms with E-state index in [2.05, 4.69) is 15.6 Å². The molecule has 2 N–H and O–H groups in total. The highest BCUT2D eigenvalue weighted by Gasteiger charge is 2.12.